The molecule has 51 heavy (non-hydrogen) atoms. The molecule has 0 aliphatic rings. The van der Waals surface area contributed by atoms with Crippen LogP contribution in [-0.4, -0.2) is 127 Å². The number of ether oxygens (including phenoxy) is 3. The summed E-state index contributed by atoms with van der Waals surface area (Å²) in [5.74, 6) is -4.70. The molecule has 0 spiro atoms. The molecule has 4 atom stereocenters. The topological polar surface area (TPSA) is 300 Å². The second-order valence-electron chi connectivity index (χ2n) is 10.2. The third kappa shape index (κ3) is 32.4. The van der Waals surface area contributed by atoms with E-state index in [2.05, 4.69) is 11.1 Å². The molecule has 18 heteroatoms. The number of aldehydes is 1. The van der Waals surface area contributed by atoms with Gasteiger partial charge in [-0.05, 0) is 6.42 Å². The molecule has 0 radical (unpaired) electrons. The van der Waals surface area contributed by atoms with Crippen LogP contribution in [0.2, 0.25) is 0 Å². The van der Waals surface area contributed by atoms with Crippen molar-refractivity contribution in [2.75, 3.05) is 51.6 Å². The number of thioether (sulfide) groups is 1. The molecule has 0 aliphatic carbocycles. The Kier molecular flexibility index (Phi) is 44.5. The molecule has 17 nitrogen and oxygen atoms in total. The molecule has 0 saturated carbocycles. The molecular weight excluding hydrogens is 694 g/mol. The Morgan fingerprint density at radius 3 is 1.86 bits per heavy atom. The molecule has 0 bridgehead atoms. The Bertz CT molecular complexity index is 1000. The Hall–Kier alpha value is -3.29. The smallest absolute Gasteiger partial charge is 0.305 e. The number of aliphatic hydroxyl groups is 2. The zero-order chi connectivity index (χ0) is 36.2. The molecule has 0 aromatic heterocycles. The first-order valence-corrected chi connectivity index (χ1v) is 16.4. The number of amides is 2. The maximum absolute atomic E-state index is 12.7. The van der Waals surface area contributed by atoms with Crippen molar-refractivity contribution in [2.24, 2.45) is 23.3 Å². The maximum Gasteiger partial charge on any atom is 0.305 e. The van der Waals surface area contributed by atoms with Crippen LogP contribution in [0.25, 0.3) is 0 Å². The van der Waals surface area contributed by atoms with E-state index in [1.54, 1.807) is 13.8 Å². The monoisotopic (exact) mass is 759 g/mol. The number of nitrogens with one attached hydrogen (secondary N) is 1. The molecule has 0 aromatic rings. The summed E-state index contributed by atoms with van der Waals surface area (Å²) in [6, 6.07) is -0.974. The highest BCUT2D eigenvalue weighted by Gasteiger charge is 2.29. The number of hydrogen-bond donors (Lipinski definition) is 5. The lowest BCUT2D eigenvalue weighted by Crippen LogP contribution is -2.37. The van der Waals surface area contributed by atoms with Gasteiger partial charge in [0, 0.05) is 81.9 Å². The average Bonchev–Trinajstić information content (AvgIpc) is 3.06. The first-order chi connectivity index (χ1) is 22.3. The van der Waals surface area contributed by atoms with E-state index in [-0.39, 0.29) is 116 Å². The third-order valence-electron chi connectivity index (χ3n) is 6.30. The second kappa shape index (κ2) is 38.0. The lowest BCUT2D eigenvalue weighted by atomic mass is 9.88. The van der Waals surface area contributed by atoms with Crippen molar-refractivity contribution in [3.8, 4) is 0 Å². The van der Waals surface area contributed by atoms with Gasteiger partial charge in [-0.3, -0.25) is 33.6 Å². The van der Waals surface area contributed by atoms with Crippen LogP contribution in [0.3, 0.4) is 0 Å². The van der Waals surface area contributed by atoms with Gasteiger partial charge in [-0.2, -0.15) is 11.8 Å². The van der Waals surface area contributed by atoms with E-state index in [1.807, 2.05) is 0 Å². The number of rotatable bonds is 27. The molecule has 302 valence electrons. The van der Waals surface area contributed by atoms with Crippen LogP contribution in [0, 0.1) is 11.8 Å². The molecule has 0 saturated heterocycles. The Balaban J connectivity index is -0.000000414. The normalized spacial score (nSPS) is 12.0. The van der Waals surface area contributed by atoms with E-state index in [1.165, 1.54) is 18.8 Å². The van der Waals surface area contributed by atoms with E-state index in [0.717, 1.165) is 0 Å². The standard InChI is InChI=1S/C26H44N2O11S.C4H7NO2.3CH4.H2O/c1-4-25(35)38-13-19(39-26(36)5-2)15-40-16-20(27)23(33)10-18(12-30)22(32)9-17(11-29)21(31)7-6-8-37-14-24(34)28-3;5-4(7)2-1-3-6;;;;/h17-20,29-30H,4-16,27H2,1-3H3,(H,28,34);3H,1-2H2,(H2,5,7);3*1H4;1H2. The predicted octanol–water partition coefficient (Wildman–Crippen LogP) is 0.104. The fraction of sp³-hybridized carbons (Fsp3) is 0.758. The highest BCUT2D eigenvalue weighted by Crippen LogP contribution is 2.17. The van der Waals surface area contributed by atoms with Gasteiger partial charge in [-0.15, -0.1) is 0 Å². The number of nitrogens with two attached hydrogens (primary N) is 2. The van der Waals surface area contributed by atoms with E-state index >= 15 is 0 Å². The largest absolute Gasteiger partial charge is 0.462 e. The van der Waals surface area contributed by atoms with Crippen LogP contribution in [-0.2, 0) is 52.6 Å². The van der Waals surface area contributed by atoms with Crippen LogP contribution in [0.5, 0.6) is 0 Å². The quantitative estimate of drug-likeness (QED) is 0.0422. The minimum absolute atomic E-state index is 0. The van der Waals surface area contributed by atoms with Crippen molar-refractivity contribution in [3.05, 3.63) is 0 Å². The number of carbonyl (C=O) groups excluding carboxylic acids is 8. The van der Waals surface area contributed by atoms with Crippen LogP contribution in [0.4, 0.5) is 0 Å². The fourth-order valence-corrected chi connectivity index (χ4v) is 4.45. The van der Waals surface area contributed by atoms with Crippen molar-refractivity contribution >= 4 is 59.2 Å². The summed E-state index contributed by atoms with van der Waals surface area (Å²) in [7, 11) is 1.47. The fourth-order valence-electron chi connectivity index (χ4n) is 3.45. The van der Waals surface area contributed by atoms with Gasteiger partial charge in [0.15, 0.2) is 5.78 Å². The van der Waals surface area contributed by atoms with E-state index in [0.29, 0.717) is 12.7 Å². The summed E-state index contributed by atoms with van der Waals surface area (Å²) in [4.78, 5) is 91.2. The van der Waals surface area contributed by atoms with Crippen LogP contribution < -0.4 is 16.8 Å². The second-order valence-corrected chi connectivity index (χ2v) is 11.3. The van der Waals surface area contributed by atoms with Gasteiger partial charge in [0.2, 0.25) is 11.8 Å². The molecule has 4 unspecified atom stereocenters. The van der Waals surface area contributed by atoms with Crippen LogP contribution in [0.15, 0.2) is 0 Å². The highest BCUT2D eigenvalue weighted by molar-refractivity contribution is 7.99. The highest BCUT2D eigenvalue weighted by atomic mass is 32.2. The van der Waals surface area contributed by atoms with E-state index in [4.69, 9.17) is 19.9 Å². The number of esters is 2. The number of Topliss-reactive ketones (excluding diaryl/α,β-unsaturated/α-hetero) is 3. The van der Waals surface area contributed by atoms with E-state index < -0.39 is 66.6 Å². The van der Waals surface area contributed by atoms with Gasteiger partial charge in [0.1, 0.15) is 37.2 Å². The van der Waals surface area contributed by atoms with Crippen molar-refractivity contribution in [1.82, 2.24) is 5.32 Å². The van der Waals surface area contributed by atoms with Gasteiger partial charge in [-0.25, -0.2) is 0 Å². The predicted molar refractivity (Wildman–Crippen MR) is 195 cm³/mol. The summed E-state index contributed by atoms with van der Waals surface area (Å²) < 4.78 is 15.4. The SMILES string of the molecule is C.C.C.CCC(=O)OCC(CSCC(N)C(=O)CC(CO)C(=O)CC(CO)C(=O)CCCOCC(=O)NC)OC(=O)CC.NC(=O)CCC=O.O. The van der Waals surface area contributed by atoms with Crippen molar-refractivity contribution in [1.29, 1.82) is 0 Å². The first-order valence-electron chi connectivity index (χ1n) is 15.3. The average molecular weight is 760 g/mol. The Morgan fingerprint density at radius 2 is 1.39 bits per heavy atom. The summed E-state index contributed by atoms with van der Waals surface area (Å²) in [6.07, 6.45) is 0.359. The number of hydrogen-bond acceptors (Lipinski definition) is 15. The minimum Gasteiger partial charge on any atom is -0.462 e. The molecule has 0 rings (SSSR count). The third-order valence-corrected chi connectivity index (χ3v) is 7.50. The number of ketones is 3. The van der Waals surface area contributed by atoms with Gasteiger partial charge in [0.05, 0.1) is 19.3 Å². The molecule has 0 aliphatic heterocycles. The first kappa shape index (κ1) is 59.8. The summed E-state index contributed by atoms with van der Waals surface area (Å²) in [6.45, 7) is 1.97. The maximum atomic E-state index is 12.7. The van der Waals surface area contributed by atoms with Gasteiger partial charge in [0.25, 0.3) is 0 Å². The number of primary amides is 1. The van der Waals surface area contributed by atoms with Crippen LogP contribution >= 0.6 is 11.8 Å². The summed E-state index contributed by atoms with van der Waals surface area (Å²) >= 11 is 1.21. The zero-order valence-corrected chi connectivity index (χ0v) is 28.8. The Morgan fingerprint density at radius 1 is 0.843 bits per heavy atom. The zero-order valence-electron chi connectivity index (χ0n) is 27.9. The van der Waals surface area contributed by atoms with E-state index in [9.17, 15) is 48.6 Å². The lowest BCUT2D eigenvalue weighted by Gasteiger charge is -2.20. The Labute approximate surface area is 306 Å². The number of aliphatic hydroxyl groups excluding tert-OH is 2. The molecule has 2 amide bonds. The van der Waals surface area contributed by atoms with Gasteiger partial charge >= 0.3 is 11.9 Å². The molecule has 9 N–H and O–H groups in total. The van der Waals surface area contributed by atoms with Crippen molar-refractivity contribution < 1.29 is 68.3 Å². The minimum atomic E-state index is -1.08. The molecule has 0 heterocycles. The molecular formula is C33H65N3O14S. The van der Waals surface area contributed by atoms with Crippen LogP contribution in [0.1, 0.15) is 87.5 Å². The lowest BCUT2D eigenvalue weighted by molar-refractivity contribution is -0.157. The van der Waals surface area contributed by atoms with Gasteiger partial charge < -0.3 is 51.5 Å². The summed E-state index contributed by atoms with van der Waals surface area (Å²) in [5.41, 5.74) is 10.7. The van der Waals surface area contributed by atoms with Gasteiger partial charge in [-0.1, -0.05) is 36.1 Å². The molecule has 0 aromatic carbocycles. The number of likely N-dealkylation sites (N-methyl/N-ethyl adjacent to an activating group) is 1. The molecule has 0 fully saturated rings. The van der Waals surface area contributed by atoms with Crippen molar-refractivity contribution in [3.63, 3.8) is 0 Å². The summed E-state index contributed by atoms with van der Waals surface area (Å²) in [5, 5.41) is 21.7. The number of carbonyl (C=O) groups is 8. The van der Waals surface area contributed by atoms with Crippen molar-refractivity contribution in [2.45, 2.75) is 99.6 Å².